The van der Waals surface area contributed by atoms with Gasteiger partial charge in [0.1, 0.15) is 0 Å². The predicted octanol–water partition coefficient (Wildman–Crippen LogP) is 11.7. The van der Waals surface area contributed by atoms with E-state index in [9.17, 15) is 0 Å². The summed E-state index contributed by atoms with van der Waals surface area (Å²) in [6, 6.07) is 52.4. The molecule has 5 nitrogen and oxygen atoms in total. The Kier molecular flexibility index (Phi) is 6.93. The number of aromatic nitrogens is 5. The van der Waals surface area contributed by atoms with E-state index in [1.165, 1.54) is 15.5 Å². The Bertz CT molecular complexity index is 2850. The normalized spacial score (nSPS) is 11.5. The smallest absolute Gasteiger partial charge is 0.164 e. The van der Waals surface area contributed by atoms with Gasteiger partial charge in [0.25, 0.3) is 0 Å². The molecule has 6 heteroatoms. The maximum absolute atomic E-state index is 5.32. The number of benzene rings is 6. The highest BCUT2D eigenvalue weighted by atomic mass is 32.1. The molecule has 0 aliphatic rings. The molecule has 0 bridgehead atoms. The average molecular weight is 670 g/mol. The summed E-state index contributed by atoms with van der Waals surface area (Å²) >= 11 is 1.79. The number of pyridine rings is 2. The summed E-state index contributed by atoms with van der Waals surface area (Å²) in [6.45, 7) is 0. The molecule has 0 N–H and O–H groups in total. The van der Waals surface area contributed by atoms with Crippen LogP contribution >= 0.6 is 11.3 Å². The Balaban J connectivity index is 1.32. The highest BCUT2D eigenvalue weighted by molar-refractivity contribution is 7.26. The molecule has 51 heavy (non-hydrogen) atoms. The number of thiophene rings is 1. The monoisotopic (exact) mass is 669 g/mol. The number of fused-ring (bicyclic) bond motifs is 6. The zero-order chi connectivity index (χ0) is 33.7. The Morgan fingerprint density at radius 2 is 1.04 bits per heavy atom. The van der Waals surface area contributed by atoms with Crippen LogP contribution in [0.5, 0.6) is 0 Å². The third-order valence-corrected chi connectivity index (χ3v) is 10.5. The van der Waals surface area contributed by atoms with E-state index < -0.39 is 0 Å². The summed E-state index contributed by atoms with van der Waals surface area (Å²) in [5.74, 6) is 1.85. The Morgan fingerprint density at radius 1 is 0.431 bits per heavy atom. The van der Waals surface area contributed by atoms with Crippen molar-refractivity contribution >= 4 is 53.3 Å². The van der Waals surface area contributed by atoms with Gasteiger partial charge in [0.05, 0.1) is 15.7 Å². The van der Waals surface area contributed by atoms with Crippen molar-refractivity contribution in [2.45, 2.75) is 0 Å². The second-order valence-corrected chi connectivity index (χ2v) is 13.6. The number of rotatable bonds is 5. The second kappa shape index (κ2) is 12.1. The van der Waals surface area contributed by atoms with Gasteiger partial charge in [0, 0.05) is 55.7 Å². The number of hydrogen-bond acceptors (Lipinski definition) is 6. The summed E-state index contributed by atoms with van der Waals surface area (Å²) < 4.78 is 2.36. The Labute approximate surface area is 297 Å². The molecule has 6 aromatic carbocycles. The maximum atomic E-state index is 5.32. The van der Waals surface area contributed by atoms with Crippen LogP contribution in [-0.4, -0.2) is 24.9 Å². The fourth-order valence-electron chi connectivity index (χ4n) is 6.98. The first kappa shape index (κ1) is 29.3. The molecule has 0 saturated heterocycles. The molecule has 10 rings (SSSR count). The van der Waals surface area contributed by atoms with Crippen molar-refractivity contribution in [3.8, 4) is 56.4 Å². The van der Waals surface area contributed by atoms with Crippen LogP contribution in [0.1, 0.15) is 0 Å². The molecular weight excluding hydrogens is 643 g/mol. The van der Waals surface area contributed by atoms with Crippen molar-refractivity contribution in [2.75, 3.05) is 0 Å². The van der Waals surface area contributed by atoms with E-state index in [1.54, 1.807) is 11.3 Å². The van der Waals surface area contributed by atoms with Crippen LogP contribution in [0, 0.1) is 0 Å². The van der Waals surface area contributed by atoms with Gasteiger partial charge >= 0.3 is 0 Å². The molecule has 0 radical (unpaired) electrons. The molecule has 0 amide bonds. The molecule has 0 aliphatic carbocycles. The first-order chi connectivity index (χ1) is 25.3. The van der Waals surface area contributed by atoms with E-state index in [2.05, 4.69) is 89.9 Å². The molecule has 0 aliphatic heterocycles. The van der Waals surface area contributed by atoms with E-state index >= 15 is 0 Å². The highest BCUT2D eigenvalue weighted by Crippen LogP contribution is 2.46. The lowest BCUT2D eigenvalue weighted by Crippen LogP contribution is -2.00. The molecule has 4 heterocycles. The second-order valence-electron chi connectivity index (χ2n) is 12.5. The van der Waals surface area contributed by atoms with E-state index in [1.807, 2.05) is 79.1 Å². The molecule has 0 unspecified atom stereocenters. The van der Waals surface area contributed by atoms with E-state index in [0.717, 1.165) is 65.4 Å². The molecule has 4 aromatic heterocycles. The van der Waals surface area contributed by atoms with Crippen molar-refractivity contribution in [3.63, 3.8) is 0 Å². The van der Waals surface area contributed by atoms with Gasteiger partial charge in [-0.3, -0.25) is 4.98 Å². The first-order valence-corrected chi connectivity index (χ1v) is 17.6. The van der Waals surface area contributed by atoms with E-state index in [0.29, 0.717) is 17.5 Å². The third-order valence-electron chi connectivity index (χ3n) is 9.36. The van der Waals surface area contributed by atoms with E-state index in [-0.39, 0.29) is 0 Å². The molecular formula is C45H27N5S. The zero-order valence-corrected chi connectivity index (χ0v) is 28.0. The zero-order valence-electron chi connectivity index (χ0n) is 27.2. The van der Waals surface area contributed by atoms with Crippen LogP contribution < -0.4 is 0 Å². The molecule has 0 spiro atoms. The summed E-state index contributed by atoms with van der Waals surface area (Å²) in [4.78, 5) is 25.0. The first-order valence-electron chi connectivity index (χ1n) is 16.8. The van der Waals surface area contributed by atoms with Crippen LogP contribution in [0.3, 0.4) is 0 Å². The van der Waals surface area contributed by atoms with Crippen molar-refractivity contribution in [3.05, 3.63) is 164 Å². The fraction of sp³-hybridized carbons (Fsp3) is 0. The van der Waals surface area contributed by atoms with Gasteiger partial charge in [0.2, 0.25) is 0 Å². The molecule has 0 saturated carbocycles. The third kappa shape index (κ3) is 5.12. The standard InChI is InChI=1S/C45H27N5S/c1-3-13-29(14-4-1)43-48-44(30-15-5-2-6-16-30)50-45(49-43)34-25-32(31-17-11-23-46-27-31)24-33(26-34)39-40-35-18-8-7-12-28(35)21-22-37(40)47-41-36-19-9-10-20-38(36)51-42(39)41/h1-27H. The van der Waals surface area contributed by atoms with Gasteiger partial charge < -0.3 is 0 Å². The number of hydrogen-bond donors (Lipinski definition) is 0. The van der Waals surface area contributed by atoms with Gasteiger partial charge in [-0.05, 0) is 58.3 Å². The summed E-state index contributed by atoms with van der Waals surface area (Å²) in [6.07, 6.45) is 3.72. The van der Waals surface area contributed by atoms with Crippen molar-refractivity contribution in [2.24, 2.45) is 0 Å². The van der Waals surface area contributed by atoms with Gasteiger partial charge in [-0.1, -0.05) is 115 Å². The van der Waals surface area contributed by atoms with Crippen molar-refractivity contribution in [1.29, 1.82) is 0 Å². The fourth-order valence-corrected chi connectivity index (χ4v) is 8.19. The van der Waals surface area contributed by atoms with Gasteiger partial charge in [0.15, 0.2) is 17.5 Å². The largest absolute Gasteiger partial charge is 0.264 e. The minimum absolute atomic E-state index is 0.602. The lowest BCUT2D eigenvalue weighted by Gasteiger charge is -2.15. The molecule has 0 atom stereocenters. The summed E-state index contributed by atoms with van der Waals surface area (Å²) in [5.41, 5.74) is 8.99. The Morgan fingerprint density at radius 3 is 1.76 bits per heavy atom. The summed E-state index contributed by atoms with van der Waals surface area (Å²) in [5, 5.41) is 4.64. The lowest BCUT2D eigenvalue weighted by atomic mass is 9.92. The Hall–Kier alpha value is -6.63. The van der Waals surface area contributed by atoms with Gasteiger partial charge in [-0.2, -0.15) is 0 Å². The maximum Gasteiger partial charge on any atom is 0.164 e. The average Bonchev–Trinajstić information content (AvgIpc) is 3.58. The SMILES string of the molecule is c1ccc(-c2nc(-c3ccccc3)nc(-c3cc(-c4cccnc4)cc(-c4c5sc6ccccc6c5nc5ccc6ccccc6c45)c3)n2)cc1. The van der Waals surface area contributed by atoms with E-state index in [4.69, 9.17) is 19.9 Å². The van der Waals surface area contributed by atoms with Gasteiger partial charge in [-0.15, -0.1) is 11.3 Å². The minimum atomic E-state index is 0.602. The summed E-state index contributed by atoms with van der Waals surface area (Å²) in [7, 11) is 0. The number of nitrogens with zero attached hydrogens (tertiary/aromatic N) is 5. The van der Waals surface area contributed by atoms with Crippen LogP contribution in [0.25, 0.3) is 98.4 Å². The van der Waals surface area contributed by atoms with Crippen LogP contribution in [-0.2, 0) is 0 Å². The molecule has 10 aromatic rings. The van der Waals surface area contributed by atoms with Gasteiger partial charge in [-0.25, -0.2) is 19.9 Å². The van der Waals surface area contributed by atoms with Crippen LogP contribution in [0.2, 0.25) is 0 Å². The quantitative estimate of drug-likeness (QED) is 0.171. The highest BCUT2D eigenvalue weighted by Gasteiger charge is 2.21. The van der Waals surface area contributed by atoms with Crippen LogP contribution in [0.4, 0.5) is 0 Å². The lowest BCUT2D eigenvalue weighted by molar-refractivity contribution is 1.07. The van der Waals surface area contributed by atoms with Crippen molar-refractivity contribution < 1.29 is 0 Å². The van der Waals surface area contributed by atoms with Crippen LogP contribution in [0.15, 0.2) is 164 Å². The molecule has 0 fully saturated rings. The van der Waals surface area contributed by atoms with Crippen molar-refractivity contribution in [1.82, 2.24) is 24.9 Å². The molecule has 238 valence electrons. The minimum Gasteiger partial charge on any atom is -0.264 e. The topological polar surface area (TPSA) is 64.5 Å². The predicted molar refractivity (Wildman–Crippen MR) is 210 cm³/mol.